The van der Waals surface area contributed by atoms with Gasteiger partial charge in [-0.2, -0.15) is 0 Å². The molecule has 1 unspecified atom stereocenters. The fraction of sp³-hybridized carbons (Fsp3) is 0.154. The number of nitrogens with zero attached hydrogens (tertiary/aromatic N) is 1. The van der Waals surface area contributed by atoms with Gasteiger partial charge in [-0.1, -0.05) is 39.7 Å². The summed E-state index contributed by atoms with van der Waals surface area (Å²) in [5.41, 5.74) is 2.04. The van der Waals surface area contributed by atoms with Crippen molar-refractivity contribution < 1.29 is 0 Å². The number of hydrogen-bond donors (Lipinski definition) is 1. The zero-order chi connectivity index (χ0) is 12.3. The van der Waals surface area contributed by atoms with Crippen LogP contribution in [0.25, 0.3) is 0 Å². The first-order chi connectivity index (χ1) is 8.16. The van der Waals surface area contributed by atoms with Crippen molar-refractivity contribution in [3.05, 3.63) is 57.8 Å². The molecule has 1 N–H and O–H groups in total. The quantitative estimate of drug-likeness (QED) is 0.891. The third-order valence-electron chi connectivity index (χ3n) is 2.49. The SMILES string of the molecule is CC(Nc1cnccc1Cl)c1cccc(Br)c1. The van der Waals surface area contributed by atoms with Crippen LogP contribution in [0.3, 0.4) is 0 Å². The van der Waals surface area contributed by atoms with Crippen LogP contribution in [-0.2, 0) is 0 Å². The molecule has 0 saturated heterocycles. The van der Waals surface area contributed by atoms with Gasteiger partial charge in [0.2, 0.25) is 0 Å². The molecule has 4 heteroatoms. The number of aromatic nitrogens is 1. The van der Waals surface area contributed by atoms with E-state index in [1.54, 1.807) is 18.5 Å². The fourth-order valence-corrected chi connectivity index (χ4v) is 2.15. The Morgan fingerprint density at radius 3 is 2.88 bits per heavy atom. The van der Waals surface area contributed by atoms with Crippen molar-refractivity contribution in [2.45, 2.75) is 13.0 Å². The van der Waals surface area contributed by atoms with Crippen molar-refractivity contribution >= 4 is 33.2 Å². The van der Waals surface area contributed by atoms with Gasteiger partial charge in [0.05, 0.1) is 16.9 Å². The second kappa shape index (κ2) is 5.52. The maximum atomic E-state index is 6.08. The lowest BCUT2D eigenvalue weighted by Crippen LogP contribution is -2.07. The van der Waals surface area contributed by atoms with Crippen LogP contribution < -0.4 is 5.32 Å². The molecule has 0 radical (unpaired) electrons. The largest absolute Gasteiger partial charge is 0.376 e. The molecule has 2 rings (SSSR count). The minimum atomic E-state index is 0.175. The van der Waals surface area contributed by atoms with E-state index in [4.69, 9.17) is 11.6 Å². The zero-order valence-corrected chi connectivity index (χ0v) is 11.7. The molecular weight excluding hydrogens is 300 g/mol. The minimum absolute atomic E-state index is 0.175. The number of nitrogens with one attached hydrogen (secondary N) is 1. The van der Waals surface area contributed by atoms with Crippen molar-refractivity contribution in [2.24, 2.45) is 0 Å². The van der Waals surface area contributed by atoms with Crippen LogP contribution in [0.1, 0.15) is 18.5 Å². The summed E-state index contributed by atoms with van der Waals surface area (Å²) in [6.07, 6.45) is 3.41. The van der Waals surface area contributed by atoms with E-state index in [9.17, 15) is 0 Å². The van der Waals surface area contributed by atoms with E-state index in [0.29, 0.717) is 5.02 Å². The first kappa shape index (κ1) is 12.4. The highest BCUT2D eigenvalue weighted by Gasteiger charge is 2.07. The molecule has 0 amide bonds. The lowest BCUT2D eigenvalue weighted by Gasteiger charge is -2.16. The van der Waals surface area contributed by atoms with E-state index in [-0.39, 0.29) is 6.04 Å². The second-order valence-electron chi connectivity index (χ2n) is 3.78. The Bertz CT molecular complexity index is 516. The van der Waals surface area contributed by atoms with E-state index in [0.717, 1.165) is 10.2 Å². The van der Waals surface area contributed by atoms with Gasteiger partial charge in [0.1, 0.15) is 0 Å². The Morgan fingerprint density at radius 2 is 2.18 bits per heavy atom. The maximum absolute atomic E-state index is 6.08. The monoisotopic (exact) mass is 310 g/mol. The second-order valence-corrected chi connectivity index (χ2v) is 5.10. The predicted octanol–water partition coefficient (Wildman–Crippen LogP) is 4.67. The minimum Gasteiger partial charge on any atom is -0.376 e. The predicted molar refractivity (Wildman–Crippen MR) is 75.4 cm³/mol. The van der Waals surface area contributed by atoms with E-state index in [1.165, 1.54) is 5.56 Å². The van der Waals surface area contributed by atoms with Crippen LogP contribution in [0.15, 0.2) is 47.2 Å². The van der Waals surface area contributed by atoms with Crippen LogP contribution >= 0.6 is 27.5 Å². The Morgan fingerprint density at radius 1 is 1.35 bits per heavy atom. The third-order valence-corrected chi connectivity index (χ3v) is 3.31. The zero-order valence-electron chi connectivity index (χ0n) is 9.32. The van der Waals surface area contributed by atoms with E-state index < -0.39 is 0 Å². The summed E-state index contributed by atoms with van der Waals surface area (Å²) in [7, 11) is 0. The van der Waals surface area contributed by atoms with Gasteiger partial charge < -0.3 is 5.32 Å². The number of rotatable bonds is 3. The smallest absolute Gasteiger partial charge is 0.0720 e. The van der Waals surface area contributed by atoms with E-state index >= 15 is 0 Å². The van der Waals surface area contributed by atoms with Gasteiger partial charge in [-0.05, 0) is 30.7 Å². The molecule has 0 bridgehead atoms. The van der Waals surface area contributed by atoms with Crippen LogP contribution in [0, 0.1) is 0 Å². The number of pyridine rings is 1. The highest BCUT2D eigenvalue weighted by Crippen LogP contribution is 2.25. The molecule has 1 aromatic heterocycles. The molecular formula is C13H12BrClN2. The van der Waals surface area contributed by atoms with Crippen LogP contribution in [-0.4, -0.2) is 4.98 Å². The molecule has 2 aromatic rings. The van der Waals surface area contributed by atoms with Gasteiger partial charge in [-0.25, -0.2) is 0 Å². The van der Waals surface area contributed by atoms with Crippen LogP contribution in [0.2, 0.25) is 5.02 Å². The lowest BCUT2D eigenvalue weighted by molar-refractivity contribution is 0.882. The summed E-state index contributed by atoms with van der Waals surface area (Å²) in [6.45, 7) is 2.09. The van der Waals surface area contributed by atoms with Gasteiger partial charge in [0.25, 0.3) is 0 Å². The van der Waals surface area contributed by atoms with Gasteiger partial charge in [0, 0.05) is 16.7 Å². The van der Waals surface area contributed by atoms with Crippen molar-refractivity contribution in [3.63, 3.8) is 0 Å². The Labute approximate surface area is 114 Å². The maximum Gasteiger partial charge on any atom is 0.0720 e. The van der Waals surface area contributed by atoms with Crippen molar-refractivity contribution in [1.29, 1.82) is 0 Å². The molecule has 17 heavy (non-hydrogen) atoms. The molecule has 0 aliphatic rings. The van der Waals surface area contributed by atoms with Crippen molar-refractivity contribution in [3.8, 4) is 0 Å². The molecule has 0 saturated carbocycles. The molecule has 0 aliphatic carbocycles. The summed E-state index contributed by atoms with van der Waals surface area (Å²) in [4.78, 5) is 4.05. The summed E-state index contributed by atoms with van der Waals surface area (Å²) in [6, 6.07) is 10.1. The first-order valence-electron chi connectivity index (χ1n) is 5.28. The van der Waals surface area contributed by atoms with Gasteiger partial charge in [-0.3, -0.25) is 4.98 Å². The molecule has 1 atom stereocenters. The van der Waals surface area contributed by atoms with E-state index in [1.807, 2.05) is 12.1 Å². The summed E-state index contributed by atoms with van der Waals surface area (Å²) in [5.74, 6) is 0. The fourth-order valence-electron chi connectivity index (χ4n) is 1.58. The van der Waals surface area contributed by atoms with Gasteiger partial charge in [-0.15, -0.1) is 0 Å². The molecule has 1 aromatic carbocycles. The standard InChI is InChI=1S/C13H12BrClN2/c1-9(10-3-2-4-11(14)7-10)17-13-8-16-6-5-12(13)15/h2-9,17H,1H3. The highest BCUT2D eigenvalue weighted by molar-refractivity contribution is 9.10. The van der Waals surface area contributed by atoms with Crippen LogP contribution in [0.5, 0.6) is 0 Å². The van der Waals surface area contributed by atoms with Crippen LogP contribution in [0.4, 0.5) is 5.69 Å². The summed E-state index contributed by atoms with van der Waals surface area (Å²) >= 11 is 9.54. The normalized spacial score (nSPS) is 12.2. The molecule has 0 aliphatic heterocycles. The summed E-state index contributed by atoms with van der Waals surface area (Å²) in [5, 5.41) is 4.02. The molecule has 88 valence electrons. The summed E-state index contributed by atoms with van der Waals surface area (Å²) < 4.78 is 1.07. The number of anilines is 1. The van der Waals surface area contributed by atoms with Crippen molar-refractivity contribution in [1.82, 2.24) is 4.98 Å². The number of hydrogen-bond acceptors (Lipinski definition) is 2. The number of halogens is 2. The average Bonchev–Trinajstić information content (AvgIpc) is 2.32. The average molecular weight is 312 g/mol. The lowest BCUT2D eigenvalue weighted by atomic mass is 10.1. The Kier molecular flexibility index (Phi) is 4.02. The topological polar surface area (TPSA) is 24.9 Å². The molecule has 2 nitrogen and oxygen atoms in total. The van der Waals surface area contributed by atoms with E-state index in [2.05, 4.69) is 45.3 Å². The molecule has 1 heterocycles. The number of benzene rings is 1. The van der Waals surface area contributed by atoms with Gasteiger partial charge in [0.15, 0.2) is 0 Å². The Hall–Kier alpha value is -1.06. The Balaban J connectivity index is 2.17. The first-order valence-corrected chi connectivity index (χ1v) is 6.45. The van der Waals surface area contributed by atoms with Crippen molar-refractivity contribution in [2.75, 3.05) is 5.32 Å². The third kappa shape index (κ3) is 3.20. The van der Waals surface area contributed by atoms with Gasteiger partial charge >= 0.3 is 0 Å². The molecule has 0 spiro atoms. The molecule has 0 fully saturated rings. The highest BCUT2D eigenvalue weighted by atomic mass is 79.9.